The molecule has 0 saturated heterocycles. The molecule has 2 aliphatic rings. The Balaban J connectivity index is 1.48. The topological polar surface area (TPSA) is 83.5 Å². The molecule has 1 aliphatic heterocycles. The van der Waals surface area contributed by atoms with E-state index in [1.807, 2.05) is 6.20 Å². The van der Waals surface area contributed by atoms with Crippen molar-refractivity contribution >= 4 is 5.91 Å². The van der Waals surface area contributed by atoms with Crippen LogP contribution in [0.25, 0.3) is 0 Å². The fraction of sp³-hybridized carbons (Fsp3) is 0.556. The predicted molar refractivity (Wildman–Crippen MR) is 129 cm³/mol. The third-order valence-electron chi connectivity index (χ3n) is 6.90. The predicted octanol–water partition coefficient (Wildman–Crippen LogP) is 3.86. The Hall–Kier alpha value is -2.51. The van der Waals surface area contributed by atoms with Gasteiger partial charge in [-0.05, 0) is 67.3 Å². The Morgan fingerprint density at radius 2 is 1.97 bits per heavy atom. The van der Waals surface area contributed by atoms with E-state index in [2.05, 4.69) is 35.5 Å². The molecule has 184 valence electrons. The van der Waals surface area contributed by atoms with Crippen molar-refractivity contribution in [1.82, 2.24) is 15.6 Å². The molecule has 1 aromatic heterocycles. The molecule has 2 aromatic rings. The molecule has 0 unspecified atom stereocenters. The number of hydrogen-bond acceptors (Lipinski definition) is 5. The standard InChI is InChI=1S/C27H36FN3O3/c1-17(2)11-20-12-22-24(14-27(9-4-10-27)34-26(22)30-15-20)29-16-25(33)23(31-18(3)32)13-19-5-7-21(28)8-6-19/h5-8,12,15,17,23-25,29,33H,4,9-11,13-14,16H2,1-3H3,(H,31,32)/t23-,24-,25+/m0/s1. The first kappa shape index (κ1) is 24.6. The highest BCUT2D eigenvalue weighted by Crippen LogP contribution is 2.48. The SMILES string of the molecule is CC(=O)N[C@@H](Cc1ccc(F)cc1)[C@H](O)CN[C@H]1CC2(CCC2)Oc2ncc(CC(C)C)cc21. The summed E-state index contributed by atoms with van der Waals surface area (Å²) in [7, 11) is 0. The van der Waals surface area contributed by atoms with E-state index in [-0.39, 0.29) is 23.4 Å². The Morgan fingerprint density at radius 3 is 2.59 bits per heavy atom. The van der Waals surface area contributed by atoms with Gasteiger partial charge in [0.05, 0.1) is 12.1 Å². The number of nitrogens with one attached hydrogen (secondary N) is 2. The van der Waals surface area contributed by atoms with Crippen molar-refractivity contribution < 1.29 is 19.0 Å². The molecule has 1 aromatic carbocycles. The van der Waals surface area contributed by atoms with Gasteiger partial charge in [-0.15, -0.1) is 0 Å². The quantitative estimate of drug-likeness (QED) is 0.519. The van der Waals surface area contributed by atoms with Gasteiger partial charge in [0.25, 0.3) is 0 Å². The van der Waals surface area contributed by atoms with Crippen molar-refractivity contribution in [2.24, 2.45) is 5.92 Å². The molecule has 3 atom stereocenters. The number of aliphatic hydroxyl groups excluding tert-OH is 1. The summed E-state index contributed by atoms with van der Waals surface area (Å²) in [4.78, 5) is 16.5. The average Bonchev–Trinajstić information content (AvgIpc) is 2.76. The van der Waals surface area contributed by atoms with Gasteiger partial charge in [-0.3, -0.25) is 4.79 Å². The number of carbonyl (C=O) groups excluding carboxylic acids is 1. The van der Waals surface area contributed by atoms with Crippen LogP contribution in [0.4, 0.5) is 4.39 Å². The number of halogens is 1. The Kier molecular flexibility index (Phi) is 7.53. The molecule has 1 amide bonds. The molecule has 0 bridgehead atoms. The van der Waals surface area contributed by atoms with Crippen LogP contribution in [-0.4, -0.2) is 40.3 Å². The minimum atomic E-state index is -0.815. The van der Waals surface area contributed by atoms with Crippen LogP contribution in [0.5, 0.6) is 5.88 Å². The molecule has 34 heavy (non-hydrogen) atoms. The van der Waals surface area contributed by atoms with Crippen molar-refractivity contribution in [3.8, 4) is 5.88 Å². The van der Waals surface area contributed by atoms with Gasteiger partial charge >= 0.3 is 0 Å². The zero-order valence-corrected chi connectivity index (χ0v) is 20.3. The number of amides is 1. The van der Waals surface area contributed by atoms with E-state index in [1.54, 1.807) is 12.1 Å². The van der Waals surface area contributed by atoms with Gasteiger partial charge in [0.1, 0.15) is 11.4 Å². The summed E-state index contributed by atoms with van der Waals surface area (Å²) >= 11 is 0. The average molecular weight is 470 g/mol. The monoisotopic (exact) mass is 469 g/mol. The molecule has 0 radical (unpaired) electrons. The normalized spacial score (nSPS) is 20.2. The first-order valence-electron chi connectivity index (χ1n) is 12.3. The molecule has 1 spiro atoms. The van der Waals surface area contributed by atoms with Crippen molar-refractivity contribution in [2.75, 3.05) is 6.54 Å². The molecule has 1 saturated carbocycles. The van der Waals surface area contributed by atoms with Crippen LogP contribution in [0.2, 0.25) is 0 Å². The molecule has 4 rings (SSSR count). The number of nitrogens with zero attached hydrogens (tertiary/aromatic N) is 1. The van der Waals surface area contributed by atoms with E-state index in [0.717, 1.165) is 43.2 Å². The van der Waals surface area contributed by atoms with Gasteiger partial charge in [0.2, 0.25) is 11.8 Å². The number of pyridine rings is 1. The number of fused-ring (bicyclic) bond motifs is 1. The summed E-state index contributed by atoms with van der Waals surface area (Å²) in [5, 5.41) is 17.4. The van der Waals surface area contributed by atoms with E-state index in [0.29, 0.717) is 24.8 Å². The second-order valence-corrected chi connectivity index (χ2v) is 10.3. The van der Waals surface area contributed by atoms with Crippen LogP contribution in [0.1, 0.15) is 69.2 Å². The Labute approximate surface area is 201 Å². The maximum atomic E-state index is 13.3. The van der Waals surface area contributed by atoms with Crippen LogP contribution in [-0.2, 0) is 17.6 Å². The second kappa shape index (κ2) is 10.4. The minimum absolute atomic E-state index is 0.0158. The lowest BCUT2D eigenvalue weighted by Gasteiger charge is -2.47. The molecule has 3 N–H and O–H groups in total. The van der Waals surface area contributed by atoms with Crippen molar-refractivity contribution in [1.29, 1.82) is 0 Å². The maximum Gasteiger partial charge on any atom is 0.218 e. The van der Waals surface area contributed by atoms with Crippen LogP contribution in [0.15, 0.2) is 36.5 Å². The highest BCUT2D eigenvalue weighted by atomic mass is 19.1. The van der Waals surface area contributed by atoms with E-state index in [9.17, 15) is 14.3 Å². The summed E-state index contributed by atoms with van der Waals surface area (Å²) in [5.74, 6) is 0.699. The largest absolute Gasteiger partial charge is 0.471 e. The summed E-state index contributed by atoms with van der Waals surface area (Å²) in [6.45, 7) is 6.12. The number of carbonyl (C=O) groups is 1. The van der Waals surface area contributed by atoms with Gasteiger partial charge in [-0.25, -0.2) is 9.37 Å². The zero-order chi connectivity index (χ0) is 24.3. The molecular weight excluding hydrogens is 433 g/mol. The Morgan fingerprint density at radius 1 is 1.24 bits per heavy atom. The number of aromatic nitrogens is 1. The van der Waals surface area contributed by atoms with E-state index in [4.69, 9.17) is 4.74 Å². The number of benzene rings is 1. The van der Waals surface area contributed by atoms with Crippen LogP contribution in [0.3, 0.4) is 0 Å². The molecule has 2 heterocycles. The van der Waals surface area contributed by atoms with E-state index < -0.39 is 12.1 Å². The number of hydrogen-bond donors (Lipinski definition) is 3. The van der Waals surface area contributed by atoms with E-state index >= 15 is 0 Å². The van der Waals surface area contributed by atoms with Crippen LogP contribution in [0, 0.1) is 11.7 Å². The zero-order valence-electron chi connectivity index (χ0n) is 20.3. The summed E-state index contributed by atoms with van der Waals surface area (Å²) in [6.07, 6.45) is 6.48. The van der Waals surface area contributed by atoms with Gasteiger partial charge in [-0.1, -0.05) is 26.0 Å². The van der Waals surface area contributed by atoms with Crippen molar-refractivity contribution in [2.45, 2.75) is 83.1 Å². The highest BCUT2D eigenvalue weighted by Gasteiger charge is 2.46. The maximum absolute atomic E-state index is 13.3. The summed E-state index contributed by atoms with van der Waals surface area (Å²) in [6, 6.07) is 7.86. The Bertz CT molecular complexity index is 991. The second-order valence-electron chi connectivity index (χ2n) is 10.3. The lowest BCUT2D eigenvalue weighted by Crippen LogP contribution is -2.52. The summed E-state index contributed by atoms with van der Waals surface area (Å²) in [5.41, 5.74) is 2.90. The third-order valence-corrected chi connectivity index (χ3v) is 6.90. The smallest absolute Gasteiger partial charge is 0.218 e. The lowest BCUT2D eigenvalue weighted by atomic mass is 9.73. The van der Waals surface area contributed by atoms with E-state index in [1.165, 1.54) is 24.6 Å². The summed E-state index contributed by atoms with van der Waals surface area (Å²) < 4.78 is 19.6. The molecule has 7 heteroatoms. The van der Waals surface area contributed by atoms with Crippen molar-refractivity contribution in [3.63, 3.8) is 0 Å². The lowest BCUT2D eigenvalue weighted by molar-refractivity contribution is -0.120. The first-order valence-corrected chi connectivity index (χ1v) is 12.3. The molecule has 6 nitrogen and oxygen atoms in total. The molecule has 1 aliphatic carbocycles. The first-order chi connectivity index (χ1) is 16.2. The minimum Gasteiger partial charge on any atom is -0.471 e. The highest BCUT2D eigenvalue weighted by molar-refractivity contribution is 5.73. The number of rotatable bonds is 9. The third kappa shape index (κ3) is 5.94. The number of aliphatic hydroxyl groups is 1. The van der Waals surface area contributed by atoms with Crippen LogP contribution >= 0.6 is 0 Å². The van der Waals surface area contributed by atoms with Gasteiger partial charge in [-0.2, -0.15) is 0 Å². The van der Waals surface area contributed by atoms with Gasteiger partial charge in [0, 0.05) is 37.7 Å². The molecule has 1 fully saturated rings. The number of ether oxygens (including phenoxy) is 1. The fourth-order valence-electron chi connectivity index (χ4n) is 5.04. The van der Waals surface area contributed by atoms with Gasteiger partial charge in [0.15, 0.2) is 0 Å². The van der Waals surface area contributed by atoms with Crippen molar-refractivity contribution in [3.05, 3.63) is 59.0 Å². The van der Waals surface area contributed by atoms with Gasteiger partial charge < -0.3 is 20.5 Å². The fourth-order valence-corrected chi connectivity index (χ4v) is 5.04. The van der Waals surface area contributed by atoms with Crippen LogP contribution < -0.4 is 15.4 Å². The molecular formula is C27H36FN3O3.